The lowest BCUT2D eigenvalue weighted by atomic mass is 10.1. The standard InChI is InChI=1S/C14H20O2/c1-2-3-4-5-8-13-9-11-14(16-13)10-6-7-12-15-14/h4-5,8-9,11H,2-3,6-7,10,12H2,1H3. The molecule has 0 amide bonds. The van der Waals surface area contributed by atoms with Crippen LogP contribution in [0.15, 0.2) is 36.1 Å². The van der Waals surface area contributed by atoms with Gasteiger partial charge in [-0.1, -0.05) is 25.5 Å². The Morgan fingerprint density at radius 1 is 1.44 bits per heavy atom. The van der Waals surface area contributed by atoms with Gasteiger partial charge in [-0.15, -0.1) is 0 Å². The van der Waals surface area contributed by atoms with Crippen molar-refractivity contribution in [3.05, 3.63) is 36.1 Å². The SMILES string of the molecule is CCCC=CC=C1C=CC2(CCCCO2)O1. The van der Waals surface area contributed by atoms with E-state index in [0.717, 1.165) is 31.6 Å². The van der Waals surface area contributed by atoms with Crippen molar-refractivity contribution in [3.8, 4) is 0 Å². The number of ether oxygens (including phenoxy) is 2. The molecule has 1 unspecified atom stereocenters. The molecule has 2 aliphatic heterocycles. The minimum Gasteiger partial charge on any atom is -0.459 e. The van der Waals surface area contributed by atoms with E-state index in [4.69, 9.17) is 9.47 Å². The van der Waals surface area contributed by atoms with Crippen molar-refractivity contribution in [2.75, 3.05) is 6.61 Å². The summed E-state index contributed by atoms with van der Waals surface area (Å²) in [5, 5.41) is 0. The summed E-state index contributed by atoms with van der Waals surface area (Å²) < 4.78 is 11.6. The summed E-state index contributed by atoms with van der Waals surface area (Å²) in [7, 11) is 0. The van der Waals surface area contributed by atoms with E-state index in [0.29, 0.717) is 0 Å². The molecular weight excluding hydrogens is 200 g/mol. The van der Waals surface area contributed by atoms with E-state index in [1.165, 1.54) is 12.8 Å². The fraction of sp³-hybridized carbons (Fsp3) is 0.571. The molecule has 1 atom stereocenters. The summed E-state index contributed by atoms with van der Waals surface area (Å²) in [5.41, 5.74) is 0. The van der Waals surface area contributed by atoms with Crippen LogP contribution in [-0.4, -0.2) is 12.4 Å². The van der Waals surface area contributed by atoms with Crippen LogP contribution < -0.4 is 0 Å². The average molecular weight is 220 g/mol. The summed E-state index contributed by atoms with van der Waals surface area (Å²) >= 11 is 0. The molecule has 16 heavy (non-hydrogen) atoms. The van der Waals surface area contributed by atoms with Crippen LogP contribution in [0.25, 0.3) is 0 Å². The smallest absolute Gasteiger partial charge is 0.230 e. The zero-order chi connectivity index (χ0) is 11.3. The Kier molecular flexibility index (Phi) is 3.83. The molecule has 1 saturated heterocycles. The van der Waals surface area contributed by atoms with Crippen molar-refractivity contribution in [2.45, 2.75) is 44.8 Å². The van der Waals surface area contributed by atoms with E-state index in [-0.39, 0.29) is 0 Å². The molecule has 1 spiro atoms. The van der Waals surface area contributed by atoms with Crippen LogP contribution in [0.5, 0.6) is 0 Å². The van der Waals surface area contributed by atoms with Crippen LogP contribution in [0.1, 0.15) is 39.0 Å². The summed E-state index contributed by atoms with van der Waals surface area (Å²) in [6.45, 7) is 2.98. The number of unbranched alkanes of at least 4 members (excludes halogenated alkanes) is 1. The molecular formula is C14H20O2. The third-order valence-corrected chi connectivity index (χ3v) is 2.91. The number of hydrogen-bond donors (Lipinski definition) is 0. The van der Waals surface area contributed by atoms with Crippen LogP contribution in [0.4, 0.5) is 0 Å². The van der Waals surface area contributed by atoms with Crippen molar-refractivity contribution < 1.29 is 9.47 Å². The van der Waals surface area contributed by atoms with E-state index < -0.39 is 5.79 Å². The lowest BCUT2D eigenvalue weighted by molar-refractivity contribution is -0.191. The molecule has 2 heterocycles. The summed E-state index contributed by atoms with van der Waals surface area (Å²) in [6, 6.07) is 0. The third kappa shape index (κ3) is 2.76. The molecule has 0 aliphatic carbocycles. The van der Waals surface area contributed by atoms with Gasteiger partial charge in [0.1, 0.15) is 5.76 Å². The lowest BCUT2D eigenvalue weighted by Gasteiger charge is -2.31. The molecule has 0 aromatic heterocycles. The average Bonchev–Trinajstić information content (AvgIpc) is 2.69. The first-order chi connectivity index (χ1) is 7.85. The molecule has 0 bridgehead atoms. The van der Waals surface area contributed by atoms with Gasteiger partial charge >= 0.3 is 0 Å². The predicted octanol–water partition coefficient (Wildman–Crippen LogP) is 3.71. The van der Waals surface area contributed by atoms with Gasteiger partial charge in [-0.3, -0.25) is 0 Å². The molecule has 2 rings (SSSR count). The Morgan fingerprint density at radius 2 is 2.38 bits per heavy atom. The predicted molar refractivity (Wildman–Crippen MR) is 64.9 cm³/mol. The monoisotopic (exact) mass is 220 g/mol. The molecule has 0 saturated carbocycles. The van der Waals surface area contributed by atoms with Gasteiger partial charge in [0.2, 0.25) is 5.79 Å². The zero-order valence-corrected chi connectivity index (χ0v) is 9.95. The highest BCUT2D eigenvalue weighted by Crippen LogP contribution is 2.34. The van der Waals surface area contributed by atoms with Crippen LogP contribution in [0.3, 0.4) is 0 Å². The molecule has 88 valence electrons. The minimum atomic E-state index is -0.442. The summed E-state index contributed by atoms with van der Waals surface area (Å²) in [6.07, 6.45) is 15.9. The second-order valence-corrected chi connectivity index (χ2v) is 4.34. The number of allylic oxidation sites excluding steroid dienone is 4. The normalized spacial score (nSPS) is 31.7. The first-order valence-electron chi connectivity index (χ1n) is 6.24. The molecule has 1 fully saturated rings. The van der Waals surface area contributed by atoms with Crippen molar-refractivity contribution >= 4 is 0 Å². The molecule has 0 aromatic rings. The highest BCUT2D eigenvalue weighted by atomic mass is 16.7. The van der Waals surface area contributed by atoms with Crippen molar-refractivity contribution in [3.63, 3.8) is 0 Å². The van der Waals surface area contributed by atoms with Crippen LogP contribution in [0, 0.1) is 0 Å². The Morgan fingerprint density at radius 3 is 3.12 bits per heavy atom. The van der Waals surface area contributed by atoms with Crippen LogP contribution >= 0.6 is 0 Å². The molecule has 2 nitrogen and oxygen atoms in total. The van der Waals surface area contributed by atoms with Crippen LogP contribution in [-0.2, 0) is 9.47 Å². The van der Waals surface area contributed by atoms with Crippen molar-refractivity contribution in [1.82, 2.24) is 0 Å². The summed E-state index contributed by atoms with van der Waals surface area (Å²) in [4.78, 5) is 0. The van der Waals surface area contributed by atoms with Crippen molar-refractivity contribution in [2.24, 2.45) is 0 Å². The van der Waals surface area contributed by atoms with E-state index in [1.54, 1.807) is 0 Å². The van der Waals surface area contributed by atoms with Gasteiger partial charge in [-0.05, 0) is 37.5 Å². The van der Waals surface area contributed by atoms with Gasteiger partial charge in [-0.2, -0.15) is 0 Å². The fourth-order valence-electron chi connectivity index (χ4n) is 1.99. The van der Waals surface area contributed by atoms with Gasteiger partial charge in [0.05, 0.1) is 6.61 Å². The van der Waals surface area contributed by atoms with E-state index in [9.17, 15) is 0 Å². The van der Waals surface area contributed by atoms with Gasteiger partial charge in [-0.25, -0.2) is 0 Å². The van der Waals surface area contributed by atoms with Crippen molar-refractivity contribution in [1.29, 1.82) is 0 Å². The number of rotatable bonds is 3. The summed E-state index contributed by atoms with van der Waals surface area (Å²) in [5.74, 6) is 0.470. The number of hydrogen-bond acceptors (Lipinski definition) is 2. The lowest BCUT2D eigenvalue weighted by Crippen LogP contribution is -2.34. The first-order valence-corrected chi connectivity index (χ1v) is 6.24. The second-order valence-electron chi connectivity index (χ2n) is 4.34. The maximum atomic E-state index is 5.85. The largest absolute Gasteiger partial charge is 0.459 e. The molecule has 0 aromatic carbocycles. The maximum Gasteiger partial charge on any atom is 0.230 e. The Hall–Kier alpha value is -1.02. The fourth-order valence-corrected chi connectivity index (χ4v) is 1.99. The van der Waals surface area contributed by atoms with Crippen LogP contribution in [0.2, 0.25) is 0 Å². The van der Waals surface area contributed by atoms with Gasteiger partial charge in [0, 0.05) is 6.42 Å². The quantitative estimate of drug-likeness (QED) is 0.722. The Bertz CT molecular complexity index is 307. The maximum absolute atomic E-state index is 5.85. The highest BCUT2D eigenvalue weighted by molar-refractivity contribution is 5.26. The minimum absolute atomic E-state index is 0.442. The molecule has 0 N–H and O–H groups in total. The van der Waals surface area contributed by atoms with Gasteiger partial charge in [0.25, 0.3) is 0 Å². The zero-order valence-electron chi connectivity index (χ0n) is 9.95. The molecule has 2 aliphatic rings. The third-order valence-electron chi connectivity index (χ3n) is 2.91. The Labute approximate surface area is 97.6 Å². The van der Waals surface area contributed by atoms with E-state index in [1.807, 2.05) is 18.2 Å². The second kappa shape index (κ2) is 5.35. The Balaban J connectivity index is 1.90. The first kappa shape index (κ1) is 11.5. The topological polar surface area (TPSA) is 18.5 Å². The van der Waals surface area contributed by atoms with Gasteiger partial charge < -0.3 is 9.47 Å². The van der Waals surface area contributed by atoms with E-state index >= 15 is 0 Å². The van der Waals surface area contributed by atoms with E-state index in [2.05, 4.69) is 19.1 Å². The molecule has 2 heteroatoms. The highest BCUT2D eigenvalue weighted by Gasteiger charge is 2.36. The van der Waals surface area contributed by atoms with Gasteiger partial charge in [0.15, 0.2) is 0 Å². The molecule has 0 radical (unpaired) electrons.